The second kappa shape index (κ2) is 9.48. The van der Waals surface area contributed by atoms with Crippen LogP contribution >= 0.6 is 15.9 Å². The summed E-state index contributed by atoms with van der Waals surface area (Å²) < 4.78 is 11.2. The number of halogens is 1. The number of hydrogen-bond acceptors (Lipinski definition) is 5. The Balaban J connectivity index is 1.56. The molecule has 140 valence electrons. The van der Waals surface area contributed by atoms with Gasteiger partial charge < -0.3 is 9.15 Å². The van der Waals surface area contributed by atoms with Gasteiger partial charge in [-0.3, -0.25) is 4.79 Å². The Labute approximate surface area is 169 Å². The molecule has 3 aromatic rings. The van der Waals surface area contributed by atoms with Gasteiger partial charge in [-0.05, 0) is 60.2 Å². The quantitative estimate of drug-likeness (QED) is 0.203. The summed E-state index contributed by atoms with van der Waals surface area (Å²) >= 11 is 3.32. The molecule has 2 aromatic carbocycles. The standard InChI is InChI=1S/C21H15BrN2O4/c22-17-8-6-16(7-9-17)21(26)24-23-14-15-3-1-4-19(13-15)28-20(25)11-10-18-5-2-12-27-18/h1-14H,(H,24,26). The Bertz CT molecular complexity index is 1010. The number of ether oxygens (including phenoxy) is 1. The first-order valence-electron chi connectivity index (χ1n) is 8.22. The van der Waals surface area contributed by atoms with E-state index in [9.17, 15) is 9.59 Å². The molecule has 1 aromatic heterocycles. The van der Waals surface area contributed by atoms with E-state index >= 15 is 0 Å². The lowest BCUT2D eigenvalue weighted by molar-refractivity contribution is -0.128. The Hall–Kier alpha value is -3.45. The summed E-state index contributed by atoms with van der Waals surface area (Å²) in [4.78, 5) is 23.9. The number of carbonyl (C=O) groups excluding carboxylic acids is 2. The number of hydrazone groups is 1. The van der Waals surface area contributed by atoms with Gasteiger partial charge in [0, 0.05) is 16.1 Å². The van der Waals surface area contributed by atoms with Gasteiger partial charge in [0.2, 0.25) is 0 Å². The molecule has 0 bridgehead atoms. The third-order valence-electron chi connectivity index (χ3n) is 3.49. The molecule has 0 saturated heterocycles. The highest BCUT2D eigenvalue weighted by Crippen LogP contribution is 2.13. The van der Waals surface area contributed by atoms with Crippen LogP contribution in [0, 0.1) is 0 Å². The van der Waals surface area contributed by atoms with Crippen LogP contribution in [0.3, 0.4) is 0 Å². The van der Waals surface area contributed by atoms with Gasteiger partial charge in [0.05, 0.1) is 12.5 Å². The highest BCUT2D eigenvalue weighted by atomic mass is 79.9. The van der Waals surface area contributed by atoms with Crippen molar-refractivity contribution in [2.24, 2.45) is 5.10 Å². The van der Waals surface area contributed by atoms with E-state index in [0.29, 0.717) is 22.6 Å². The molecule has 1 N–H and O–H groups in total. The summed E-state index contributed by atoms with van der Waals surface area (Å²) in [6, 6.07) is 17.1. The molecule has 0 saturated carbocycles. The van der Waals surface area contributed by atoms with E-state index in [-0.39, 0.29) is 5.91 Å². The van der Waals surface area contributed by atoms with Gasteiger partial charge in [0.25, 0.3) is 5.91 Å². The molecule has 0 spiro atoms. The number of hydrogen-bond donors (Lipinski definition) is 1. The molecule has 1 amide bonds. The van der Waals surface area contributed by atoms with Crippen molar-refractivity contribution in [1.82, 2.24) is 5.43 Å². The predicted octanol–water partition coefficient (Wildman–Crippen LogP) is 4.42. The molecular weight excluding hydrogens is 424 g/mol. The normalized spacial score (nSPS) is 11.0. The molecule has 0 unspecified atom stereocenters. The molecular formula is C21H15BrN2O4. The highest BCUT2D eigenvalue weighted by molar-refractivity contribution is 9.10. The van der Waals surface area contributed by atoms with Crippen molar-refractivity contribution in [1.29, 1.82) is 0 Å². The summed E-state index contributed by atoms with van der Waals surface area (Å²) in [5, 5.41) is 3.93. The third-order valence-corrected chi connectivity index (χ3v) is 4.02. The van der Waals surface area contributed by atoms with E-state index in [1.165, 1.54) is 24.6 Å². The van der Waals surface area contributed by atoms with E-state index in [0.717, 1.165) is 4.47 Å². The van der Waals surface area contributed by atoms with Crippen molar-refractivity contribution in [3.8, 4) is 5.75 Å². The molecule has 0 aliphatic heterocycles. The van der Waals surface area contributed by atoms with Crippen molar-refractivity contribution in [3.05, 3.63) is 94.4 Å². The van der Waals surface area contributed by atoms with Crippen molar-refractivity contribution >= 4 is 40.1 Å². The molecule has 28 heavy (non-hydrogen) atoms. The summed E-state index contributed by atoms with van der Waals surface area (Å²) in [5.41, 5.74) is 3.60. The number of esters is 1. The van der Waals surface area contributed by atoms with Crippen LogP contribution in [-0.2, 0) is 4.79 Å². The minimum Gasteiger partial charge on any atom is -0.465 e. The largest absolute Gasteiger partial charge is 0.465 e. The molecule has 1 heterocycles. The van der Waals surface area contributed by atoms with Crippen LogP contribution in [-0.4, -0.2) is 18.1 Å². The Morgan fingerprint density at radius 1 is 1.07 bits per heavy atom. The van der Waals surface area contributed by atoms with E-state index in [1.54, 1.807) is 60.7 Å². The summed E-state index contributed by atoms with van der Waals surface area (Å²) in [5.74, 6) is 0.0556. The van der Waals surface area contributed by atoms with E-state index < -0.39 is 5.97 Å². The van der Waals surface area contributed by atoms with Crippen molar-refractivity contribution < 1.29 is 18.7 Å². The number of amides is 1. The minimum atomic E-state index is -0.533. The van der Waals surface area contributed by atoms with Gasteiger partial charge >= 0.3 is 5.97 Å². The molecule has 0 radical (unpaired) electrons. The number of nitrogens with one attached hydrogen (secondary N) is 1. The Kier molecular flexibility index (Phi) is 6.54. The van der Waals surface area contributed by atoms with Gasteiger partial charge in [-0.2, -0.15) is 5.10 Å². The topological polar surface area (TPSA) is 80.9 Å². The second-order valence-electron chi connectivity index (χ2n) is 5.55. The molecule has 0 fully saturated rings. The Morgan fingerprint density at radius 3 is 2.64 bits per heavy atom. The number of benzene rings is 2. The fourth-order valence-electron chi connectivity index (χ4n) is 2.18. The molecule has 6 nitrogen and oxygen atoms in total. The molecule has 0 aliphatic rings. The zero-order chi connectivity index (χ0) is 19.8. The third kappa shape index (κ3) is 5.78. The maximum Gasteiger partial charge on any atom is 0.336 e. The molecule has 0 atom stereocenters. The predicted molar refractivity (Wildman–Crippen MR) is 109 cm³/mol. The van der Waals surface area contributed by atoms with Gasteiger partial charge in [-0.25, -0.2) is 10.2 Å². The Morgan fingerprint density at radius 2 is 1.89 bits per heavy atom. The summed E-state index contributed by atoms with van der Waals surface area (Å²) in [7, 11) is 0. The SMILES string of the molecule is O=C(C=Cc1ccco1)Oc1cccc(C=NNC(=O)c2ccc(Br)cc2)c1. The van der Waals surface area contributed by atoms with Crippen molar-refractivity contribution in [2.75, 3.05) is 0 Å². The van der Waals surface area contributed by atoms with Crippen LogP contribution in [0.1, 0.15) is 21.7 Å². The molecule has 7 heteroatoms. The zero-order valence-corrected chi connectivity index (χ0v) is 16.1. The van der Waals surface area contributed by atoms with Crippen LogP contribution < -0.4 is 10.2 Å². The molecule has 3 rings (SSSR count). The van der Waals surface area contributed by atoms with Crippen molar-refractivity contribution in [2.45, 2.75) is 0 Å². The zero-order valence-electron chi connectivity index (χ0n) is 14.5. The van der Waals surface area contributed by atoms with Gasteiger partial charge in [-0.15, -0.1) is 0 Å². The maximum atomic E-state index is 12.0. The second-order valence-corrected chi connectivity index (χ2v) is 6.46. The van der Waals surface area contributed by atoms with Crippen LogP contribution in [0.15, 0.2) is 87.0 Å². The number of rotatable bonds is 6. The van der Waals surface area contributed by atoms with Gasteiger partial charge in [0.1, 0.15) is 11.5 Å². The first-order chi connectivity index (χ1) is 13.6. The first-order valence-corrected chi connectivity index (χ1v) is 9.02. The number of carbonyl (C=O) groups is 2. The fourth-order valence-corrected chi connectivity index (χ4v) is 2.44. The fraction of sp³-hybridized carbons (Fsp3) is 0. The maximum absolute atomic E-state index is 12.0. The lowest BCUT2D eigenvalue weighted by atomic mass is 10.2. The van der Waals surface area contributed by atoms with Gasteiger partial charge in [-0.1, -0.05) is 28.1 Å². The lowest BCUT2D eigenvalue weighted by Gasteiger charge is -2.02. The average Bonchev–Trinajstić information content (AvgIpc) is 3.21. The first kappa shape index (κ1) is 19.3. The minimum absolute atomic E-state index is 0.325. The number of furan rings is 1. The van der Waals surface area contributed by atoms with E-state index in [4.69, 9.17) is 9.15 Å². The summed E-state index contributed by atoms with van der Waals surface area (Å²) in [6.07, 6.45) is 5.78. The lowest BCUT2D eigenvalue weighted by Crippen LogP contribution is -2.17. The van der Waals surface area contributed by atoms with Crippen LogP contribution in [0.4, 0.5) is 0 Å². The smallest absolute Gasteiger partial charge is 0.336 e. The van der Waals surface area contributed by atoms with Crippen LogP contribution in [0.25, 0.3) is 6.08 Å². The van der Waals surface area contributed by atoms with Crippen LogP contribution in [0.2, 0.25) is 0 Å². The molecule has 0 aliphatic carbocycles. The summed E-state index contributed by atoms with van der Waals surface area (Å²) in [6.45, 7) is 0. The van der Waals surface area contributed by atoms with Crippen molar-refractivity contribution in [3.63, 3.8) is 0 Å². The van der Waals surface area contributed by atoms with E-state index in [1.807, 2.05) is 0 Å². The average molecular weight is 439 g/mol. The monoisotopic (exact) mass is 438 g/mol. The van der Waals surface area contributed by atoms with Gasteiger partial charge in [0.15, 0.2) is 0 Å². The van der Waals surface area contributed by atoms with Crippen LogP contribution in [0.5, 0.6) is 5.75 Å². The van der Waals surface area contributed by atoms with E-state index in [2.05, 4.69) is 26.5 Å². The number of nitrogens with zero attached hydrogens (tertiary/aromatic N) is 1. The highest BCUT2D eigenvalue weighted by Gasteiger charge is 2.04.